The van der Waals surface area contributed by atoms with Crippen molar-refractivity contribution in [3.05, 3.63) is 35.9 Å². The van der Waals surface area contributed by atoms with Gasteiger partial charge in [0.05, 0.1) is 6.04 Å². The van der Waals surface area contributed by atoms with Gasteiger partial charge < -0.3 is 26.8 Å². The number of aliphatic carboxylic acids is 1. The molecule has 0 fully saturated rings. The zero-order valence-electron chi connectivity index (χ0n) is 21.0. The van der Waals surface area contributed by atoms with E-state index in [-0.39, 0.29) is 24.2 Å². The highest BCUT2D eigenvalue weighted by molar-refractivity contribution is 5.94. The normalized spacial score (nSPS) is 14.9. The van der Waals surface area contributed by atoms with Gasteiger partial charge in [-0.3, -0.25) is 14.4 Å². The summed E-state index contributed by atoms with van der Waals surface area (Å²) < 4.78 is 0. The molecule has 4 atom stereocenters. The molecule has 0 radical (unpaired) electrons. The number of nitrogens with one attached hydrogen (secondary N) is 3. The molecule has 6 N–H and O–H groups in total. The Morgan fingerprint density at radius 2 is 1.35 bits per heavy atom. The van der Waals surface area contributed by atoms with Crippen LogP contribution in [0.15, 0.2) is 30.3 Å². The highest BCUT2D eigenvalue weighted by Crippen LogP contribution is 2.10. The van der Waals surface area contributed by atoms with Crippen LogP contribution >= 0.6 is 0 Å². The first kappa shape index (κ1) is 29.1. The predicted octanol–water partition coefficient (Wildman–Crippen LogP) is 1.45. The molecule has 0 aliphatic heterocycles. The molecule has 0 saturated heterocycles. The smallest absolute Gasteiger partial charge is 0.326 e. The second-order valence-corrected chi connectivity index (χ2v) is 9.78. The average Bonchev–Trinajstić information content (AvgIpc) is 2.75. The lowest BCUT2D eigenvalue weighted by Gasteiger charge is -2.28. The molecule has 0 heterocycles. The van der Waals surface area contributed by atoms with E-state index in [2.05, 4.69) is 16.0 Å². The molecular weight excluding hydrogens is 436 g/mol. The summed E-state index contributed by atoms with van der Waals surface area (Å²) in [6.45, 7) is 11.0. The Bertz CT molecular complexity index is 826. The fourth-order valence-electron chi connectivity index (χ4n) is 3.37. The van der Waals surface area contributed by atoms with Gasteiger partial charge in [0.2, 0.25) is 17.7 Å². The minimum atomic E-state index is -1.16. The van der Waals surface area contributed by atoms with Crippen LogP contribution in [0.3, 0.4) is 0 Å². The van der Waals surface area contributed by atoms with Gasteiger partial charge in [0.25, 0.3) is 0 Å². The summed E-state index contributed by atoms with van der Waals surface area (Å²) in [6, 6.07) is 5.22. The van der Waals surface area contributed by atoms with Crippen molar-refractivity contribution in [2.24, 2.45) is 23.5 Å². The highest BCUT2D eigenvalue weighted by atomic mass is 16.4. The third-order valence-corrected chi connectivity index (χ3v) is 5.51. The van der Waals surface area contributed by atoms with Gasteiger partial charge in [-0.15, -0.1) is 0 Å². The first-order chi connectivity index (χ1) is 15.8. The van der Waals surface area contributed by atoms with Crippen molar-refractivity contribution in [3.8, 4) is 0 Å². The van der Waals surface area contributed by atoms with Gasteiger partial charge in [0.1, 0.15) is 18.1 Å². The maximum Gasteiger partial charge on any atom is 0.326 e. The second-order valence-electron chi connectivity index (χ2n) is 9.78. The molecule has 1 aromatic rings. The minimum Gasteiger partial charge on any atom is -0.480 e. The van der Waals surface area contributed by atoms with E-state index in [1.165, 1.54) is 0 Å². The van der Waals surface area contributed by atoms with Crippen LogP contribution in [0, 0.1) is 17.8 Å². The van der Waals surface area contributed by atoms with E-state index in [0.717, 1.165) is 5.56 Å². The molecule has 34 heavy (non-hydrogen) atoms. The Balaban J connectivity index is 2.98. The summed E-state index contributed by atoms with van der Waals surface area (Å²) in [5.41, 5.74) is 6.67. The molecule has 1 aromatic carbocycles. The largest absolute Gasteiger partial charge is 0.480 e. The van der Waals surface area contributed by atoms with E-state index in [1.54, 1.807) is 38.1 Å². The Kier molecular flexibility index (Phi) is 11.7. The van der Waals surface area contributed by atoms with Crippen molar-refractivity contribution in [2.45, 2.75) is 78.6 Å². The van der Waals surface area contributed by atoms with Gasteiger partial charge in [-0.1, -0.05) is 71.9 Å². The Hall–Kier alpha value is -2.94. The molecule has 9 nitrogen and oxygen atoms in total. The first-order valence-corrected chi connectivity index (χ1v) is 11.8. The third kappa shape index (κ3) is 9.51. The van der Waals surface area contributed by atoms with Crippen molar-refractivity contribution in [1.29, 1.82) is 0 Å². The van der Waals surface area contributed by atoms with Crippen molar-refractivity contribution < 1.29 is 24.3 Å². The number of hydrogen-bond donors (Lipinski definition) is 5. The molecule has 0 aliphatic carbocycles. The number of nitrogens with two attached hydrogens (primary N) is 1. The van der Waals surface area contributed by atoms with E-state index in [0.29, 0.717) is 6.42 Å². The number of rotatable bonds is 13. The monoisotopic (exact) mass is 476 g/mol. The summed E-state index contributed by atoms with van der Waals surface area (Å²) in [5.74, 6) is -3.02. The molecule has 0 aliphatic rings. The van der Waals surface area contributed by atoms with Crippen molar-refractivity contribution >= 4 is 23.7 Å². The molecule has 0 aromatic heterocycles. The second kappa shape index (κ2) is 13.7. The van der Waals surface area contributed by atoms with Gasteiger partial charge in [0.15, 0.2) is 0 Å². The summed E-state index contributed by atoms with van der Waals surface area (Å²) >= 11 is 0. The molecule has 0 bridgehead atoms. The fraction of sp³-hybridized carbons (Fsp3) is 0.600. The Morgan fingerprint density at radius 1 is 0.794 bits per heavy atom. The molecule has 9 heteroatoms. The Labute approximate surface area is 202 Å². The number of carbonyl (C=O) groups is 4. The van der Waals surface area contributed by atoms with E-state index in [4.69, 9.17) is 5.73 Å². The number of benzene rings is 1. The van der Waals surface area contributed by atoms with E-state index >= 15 is 0 Å². The summed E-state index contributed by atoms with van der Waals surface area (Å²) in [7, 11) is 0. The van der Waals surface area contributed by atoms with Crippen molar-refractivity contribution in [1.82, 2.24) is 16.0 Å². The Morgan fingerprint density at radius 3 is 1.82 bits per heavy atom. The maximum atomic E-state index is 13.1. The number of carboxylic acid groups (broad SMARTS) is 1. The van der Waals surface area contributed by atoms with Crippen LogP contribution < -0.4 is 21.7 Å². The maximum absolute atomic E-state index is 13.1. The molecule has 3 amide bonds. The van der Waals surface area contributed by atoms with Gasteiger partial charge in [-0.25, -0.2) is 4.79 Å². The molecule has 4 unspecified atom stereocenters. The summed E-state index contributed by atoms with van der Waals surface area (Å²) in [5, 5.41) is 17.6. The standard InChI is InChI=1S/C25H40N4O5/c1-14(2)12-18(22(30)28-19(25(33)34)13-17-10-8-7-9-11-17)27-24(32)21(16(5)6)29-23(31)20(26)15(3)4/h7-11,14-16,18-21H,12-13,26H2,1-6H3,(H,27,32)(H,28,30)(H,29,31)(H,33,34). The SMILES string of the molecule is CC(C)CC(NC(=O)C(NC(=O)C(N)C(C)C)C(C)C)C(=O)NC(Cc1ccccc1)C(=O)O. The van der Waals surface area contributed by atoms with Crippen LogP contribution in [0.1, 0.15) is 53.5 Å². The topological polar surface area (TPSA) is 151 Å². The van der Waals surface area contributed by atoms with Crippen LogP contribution in [0.2, 0.25) is 0 Å². The highest BCUT2D eigenvalue weighted by Gasteiger charge is 2.32. The summed E-state index contributed by atoms with van der Waals surface area (Å²) in [6.07, 6.45) is 0.418. The number of hydrogen-bond acceptors (Lipinski definition) is 5. The zero-order chi connectivity index (χ0) is 26.0. The quantitative estimate of drug-likeness (QED) is 0.291. The van der Waals surface area contributed by atoms with Gasteiger partial charge >= 0.3 is 5.97 Å². The van der Waals surface area contributed by atoms with Gasteiger partial charge in [0, 0.05) is 6.42 Å². The third-order valence-electron chi connectivity index (χ3n) is 5.51. The summed E-state index contributed by atoms with van der Waals surface area (Å²) in [4.78, 5) is 50.3. The first-order valence-electron chi connectivity index (χ1n) is 11.8. The predicted molar refractivity (Wildman–Crippen MR) is 131 cm³/mol. The van der Waals surface area contributed by atoms with E-state index < -0.39 is 47.9 Å². The van der Waals surface area contributed by atoms with Gasteiger partial charge in [-0.2, -0.15) is 0 Å². The van der Waals surface area contributed by atoms with Crippen LogP contribution in [-0.4, -0.2) is 53.0 Å². The van der Waals surface area contributed by atoms with E-state index in [9.17, 15) is 24.3 Å². The number of carbonyl (C=O) groups excluding carboxylic acids is 3. The molecule has 190 valence electrons. The molecule has 1 rings (SSSR count). The minimum absolute atomic E-state index is 0.0508. The lowest BCUT2D eigenvalue weighted by atomic mass is 9.98. The van der Waals surface area contributed by atoms with Crippen LogP contribution in [0.4, 0.5) is 0 Å². The van der Waals surface area contributed by atoms with Crippen molar-refractivity contribution in [3.63, 3.8) is 0 Å². The van der Waals surface area contributed by atoms with Crippen molar-refractivity contribution in [2.75, 3.05) is 0 Å². The zero-order valence-corrected chi connectivity index (χ0v) is 21.0. The lowest BCUT2D eigenvalue weighted by Crippen LogP contribution is -2.59. The van der Waals surface area contributed by atoms with Gasteiger partial charge in [-0.05, 0) is 29.7 Å². The van der Waals surface area contributed by atoms with Crippen LogP contribution in [-0.2, 0) is 25.6 Å². The van der Waals surface area contributed by atoms with Crippen LogP contribution in [0.25, 0.3) is 0 Å². The van der Waals surface area contributed by atoms with Crippen LogP contribution in [0.5, 0.6) is 0 Å². The molecular formula is C25H40N4O5. The number of amides is 3. The number of carboxylic acids is 1. The average molecular weight is 477 g/mol. The fourth-order valence-corrected chi connectivity index (χ4v) is 3.37. The molecule has 0 saturated carbocycles. The molecule has 0 spiro atoms. The lowest BCUT2D eigenvalue weighted by molar-refractivity contribution is -0.142. The van der Waals surface area contributed by atoms with E-state index in [1.807, 2.05) is 33.8 Å².